The van der Waals surface area contributed by atoms with Crippen molar-refractivity contribution in [3.05, 3.63) is 120 Å². The minimum Gasteiger partial charge on any atom is -0.459 e. The van der Waals surface area contributed by atoms with Gasteiger partial charge in [-0.1, -0.05) is 72.8 Å². The molecule has 40 heavy (non-hydrogen) atoms. The summed E-state index contributed by atoms with van der Waals surface area (Å²) in [6.07, 6.45) is 0.150. The van der Waals surface area contributed by atoms with E-state index in [0.717, 1.165) is 16.7 Å². The molecular formula is C32H32N2O5S. The lowest BCUT2D eigenvalue weighted by Crippen LogP contribution is -2.45. The normalized spacial score (nSPS) is 12.4. The van der Waals surface area contributed by atoms with Gasteiger partial charge >= 0.3 is 5.97 Å². The molecule has 0 heterocycles. The van der Waals surface area contributed by atoms with Gasteiger partial charge in [-0.15, -0.1) is 0 Å². The van der Waals surface area contributed by atoms with Gasteiger partial charge in [-0.25, -0.2) is 8.42 Å². The molecule has 0 aliphatic rings. The van der Waals surface area contributed by atoms with E-state index in [-0.39, 0.29) is 17.2 Å². The van der Waals surface area contributed by atoms with Crippen molar-refractivity contribution in [2.75, 3.05) is 5.32 Å². The minimum absolute atomic E-state index is 0.0247. The fraction of sp³-hybridized carbons (Fsp3) is 0.188. The molecule has 4 aromatic rings. The fourth-order valence-corrected chi connectivity index (χ4v) is 5.20. The van der Waals surface area contributed by atoms with E-state index in [4.69, 9.17) is 4.74 Å². The molecule has 7 nitrogen and oxygen atoms in total. The first-order valence-corrected chi connectivity index (χ1v) is 14.3. The molecule has 8 heteroatoms. The molecule has 0 aliphatic heterocycles. The predicted molar refractivity (Wildman–Crippen MR) is 156 cm³/mol. The van der Waals surface area contributed by atoms with Crippen molar-refractivity contribution >= 4 is 27.6 Å². The van der Waals surface area contributed by atoms with Crippen LogP contribution in [0, 0.1) is 0 Å². The summed E-state index contributed by atoms with van der Waals surface area (Å²) in [5, 5.41) is 2.85. The number of ether oxygens (including phenoxy) is 1. The zero-order valence-corrected chi connectivity index (χ0v) is 23.4. The maximum Gasteiger partial charge on any atom is 0.325 e. The Balaban J connectivity index is 1.48. The molecule has 0 aliphatic carbocycles. The second-order valence-electron chi connectivity index (χ2n) is 10.3. The van der Waals surface area contributed by atoms with Crippen LogP contribution in [0.1, 0.15) is 36.7 Å². The molecular weight excluding hydrogens is 524 g/mol. The van der Waals surface area contributed by atoms with Crippen molar-refractivity contribution in [3.63, 3.8) is 0 Å². The highest BCUT2D eigenvalue weighted by Gasteiger charge is 2.30. The number of anilines is 1. The van der Waals surface area contributed by atoms with Gasteiger partial charge in [0.2, 0.25) is 10.0 Å². The number of carbonyl (C=O) groups excluding carboxylic acids is 2. The van der Waals surface area contributed by atoms with Crippen molar-refractivity contribution in [3.8, 4) is 11.1 Å². The number of hydrogen-bond acceptors (Lipinski definition) is 5. The van der Waals surface area contributed by atoms with Crippen LogP contribution >= 0.6 is 0 Å². The lowest BCUT2D eigenvalue weighted by atomic mass is 10.0. The predicted octanol–water partition coefficient (Wildman–Crippen LogP) is 5.84. The summed E-state index contributed by atoms with van der Waals surface area (Å²) in [7, 11) is -4.03. The van der Waals surface area contributed by atoms with Crippen LogP contribution in [0.25, 0.3) is 11.1 Å². The Labute approximate surface area is 235 Å². The van der Waals surface area contributed by atoms with Gasteiger partial charge in [-0.05, 0) is 80.3 Å². The van der Waals surface area contributed by atoms with Gasteiger partial charge in [0.1, 0.15) is 11.6 Å². The zero-order valence-electron chi connectivity index (χ0n) is 22.6. The van der Waals surface area contributed by atoms with Crippen LogP contribution in [0.4, 0.5) is 5.69 Å². The standard InChI is InChI=1S/C32H32N2O5S/c1-32(2,3)39-31(36)29(22-23-10-6-4-7-11-23)34-40(37,38)28-20-18-25(19-21-28)24-14-16-26(17-15-24)30(35)33-27-12-8-5-9-13-27/h4-21,29,34H,22H2,1-3H3,(H,33,35)/t29-/m1/s1. The number of carbonyl (C=O) groups is 2. The average Bonchev–Trinajstić information content (AvgIpc) is 2.93. The Hall–Kier alpha value is -4.27. The Morgan fingerprint density at radius 2 is 1.27 bits per heavy atom. The highest BCUT2D eigenvalue weighted by molar-refractivity contribution is 7.89. The summed E-state index contributed by atoms with van der Waals surface area (Å²) in [6.45, 7) is 5.21. The second-order valence-corrected chi connectivity index (χ2v) is 12.0. The SMILES string of the molecule is CC(C)(C)OC(=O)[C@@H](Cc1ccccc1)NS(=O)(=O)c1ccc(-c2ccc(C(=O)Nc3ccccc3)cc2)cc1. The molecule has 1 amide bonds. The first-order valence-electron chi connectivity index (χ1n) is 12.9. The van der Waals surface area contributed by atoms with Crippen molar-refractivity contribution < 1.29 is 22.7 Å². The van der Waals surface area contributed by atoms with Crippen LogP contribution < -0.4 is 10.0 Å². The molecule has 0 radical (unpaired) electrons. The van der Waals surface area contributed by atoms with E-state index in [1.165, 1.54) is 12.1 Å². The Kier molecular flexibility index (Phi) is 8.82. The molecule has 0 unspecified atom stereocenters. The van der Waals surface area contributed by atoms with Crippen LogP contribution in [0.3, 0.4) is 0 Å². The quantitative estimate of drug-likeness (QED) is 0.252. The monoisotopic (exact) mass is 556 g/mol. The molecule has 0 saturated heterocycles. The molecule has 4 rings (SSSR count). The lowest BCUT2D eigenvalue weighted by molar-refractivity contribution is -0.156. The molecule has 0 fully saturated rings. The molecule has 2 N–H and O–H groups in total. The molecule has 0 spiro atoms. The lowest BCUT2D eigenvalue weighted by Gasteiger charge is -2.24. The molecule has 4 aromatic carbocycles. The van der Waals surface area contributed by atoms with Crippen molar-refractivity contribution in [1.82, 2.24) is 4.72 Å². The number of benzene rings is 4. The molecule has 0 bridgehead atoms. The average molecular weight is 557 g/mol. The van der Waals surface area contributed by atoms with Crippen LogP contribution in [0.15, 0.2) is 114 Å². The summed E-state index contributed by atoms with van der Waals surface area (Å²) in [5.74, 6) is -0.867. The number of para-hydroxylation sites is 1. The summed E-state index contributed by atoms with van der Waals surface area (Å²) < 4.78 is 34.5. The van der Waals surface area contributed by atoms with Gasteiger partial charge in [-0.3, -0.25) is 9.59 Å². The van der Waals surface area contributed by atoms with Crippen molar-refractivity contribution in [2.24, 2.45) is 0 Å². The number of nitrogens with one attached hydrogen (secondary N) is 2. The van der Waals surface area contributed by atoms with Gasteiger partial charge in [-0.2, -0.15) is 4.72 Å². The van der Waals surface area contributed by atoms with Crippen molar-refractivity contribution in [1.29, 1.82) is 0 Å². The van der Waals surface area contributed by atoms with Crippen molar-refractivity contribution in [2.45, 2.75) is 43.7 Å². The second kappa shape index (κ2) is 12.3. The van der Waals surface area contributed by atoms with Gasteiger partial charge in [0.05, 0.1) is 4.90 Å². The van der Waals surface area contributed by atoms with E-state index in [1.807, 2.05) is 60.7 Å². The smallest absolute Gasteiger partial charge is 0.325 e. The number of sulfonamides is 1. The van der Waals surface area contributed by atoms with Gasteiger partial charge in [0, 0.05) is 11.3 Å². The van der Waals surface area contributed by atoms with Gasteiger partial charge < -0.3 is 10.1 Å². The Morgan fingerprint density at radius 3 is 1.82 bits per heavy atom. The molecule has 206 valence electrons. The van der Waals surface area contributed by atoms with Crippen LogP contribution in [0.5, 0.6) is 0 Å². The fourth-order valence-electron chi connectivity index (χ4n) is 4.02. The van der Waals surface area contributed by atoms with E-state index in [2.05, 4.69) is 10.0 Å². The molecule has 1 atom stereocenters. The van der Waals surface area contributed by atoms with E-state index in [0.29, 0.717) is 11.3 Å². The maximum absolute atomic E-state index is 13.3. The number of rotatable bonds is 9. The third-order valence-electron chi connectivity index (χ3n) is 5.95. The highest BCUT2D eigenvalue weighted by atomic mass is 32.2. The van der Waals surface area contributed by atoms with Crippen LogP contribution in [-0.2, 0) is 26.0 Å². The third kappa shape index (κ3) is 7.88. The number of hydrogen-bond donors (Lipinski definition) is 2. The van der Waals surface area contributed by atoms with Crippen LogP contribution in [0.2, 0.25) is 0 Å². The topological polar surface area (TPSA) is 102 Å². The molecule has 0 saturated carbocycles. The van der Waals surface area contributed by atoms with Gasteiger partial charge in [0.25, 0.3) is 5.91 Å². The number of amides is 1. The Morgan fingerprint density at radius 1 is 0.750 bits per heavy atom. The maximum atomic E-state index is 13.3. The Bertz CT molecular complexity index is 1550. The zero-order chi connectivity index (χ0) is 28.8. The largest absolute Gasteiger partial charge is 0.459 e. The highest BCUT2D eigenvalue weighted by Crippen LogP contribution is 2.23. The number of esters is 1. The van der Waals surface area contributed by atoms with E-state index < -0.39 is 27.6 Å². The third-order valence-corrected chi connectivity index (χ3v) is 7.44. The summed E-state index contributed by atoms with van der Waals surface area (Å²) >= 11 is 0. The summed E-state index contributed by atoms with van der Waals surface area (Å²) in [5.41, 5.74) is 2.85. The summed E-state index contributed by atoms with van der Waals surface area (Å²) in [4.78, 5) is 25.5. The van der Waals surface area contributed by atoms with Crippen LogP contribution in [-0.4, -0.2) is 31.9 Å². The first kappa shape index (κ1) is 28.7. The van der Waals surface area contributed by atoms with E-state index in [1.54, 1.807) is 57.2 Å². The van der Waals surface area contributed by atoms with E-state index >= 15 is 0 Å². The van der Waals surface area contributed by atoms with E-state index in [9.17, 15) is 18.0 Å². The molecule has 0 aromatic heterocycles. The van der Waals surface area contributed by atoms with Gasteiger partial charge in [0.15, 0.2) is 0 Å². The first-order chi connectivity index (χ1) is 19.0. The summed E-state index contributed by atoms with van der Waals surface area (Å²) in [6, 6.07) is 30.7. The minimum atomic E-state index is -4.03.